The number of hydrogen-bond donors (Lipinski definition) is 1. The van der Waals surface area contributed by atoms with Crippen LogP contribution in [0.2, 0.25) is 0 Å². The number of ether oxygens (including phenoxy) is 1. The van der Waals surface area contributed by atoms with Gasteiger partial charge in [0.25, 0.3) is 11.6 Å². The van der Waals surface area contributed by atoms with Crippen LogP contribution < -0.4 is 10.1 Å². The van der Waals surface area contributed by atoms with E-state index in [9.17, 15) is 14.9 Å². The van der Waals surface area contributed by atoms with Crippen LogP contribution in [0.25, 0.3) is 10.8 Å². The summed E-state index contributed by atoms with van der Waals surface area (Å²) in [4.78, 5) is 27.3. The number of non-ortho nitro benzene ring substituents is 1. The van der Waals surface area contributed by atoms with Gasteiger partial charge in [0.05, 0.1) is 10.3 Å². The smallest absolute Gasteiger partial charge is 0.279 e. The van der Waals surface area contributed by atoms with Crippen molar-refractivity contribution in [2.45, 2.75) is 6.54 Å². The molecular weight excluding hydrogens is 382 g/mol. The highest BCUT2D eigenvalue weighted by Gasteiger charge is 2.16. The molecule has 0 aliphatic rings. The molecule has 4 rings (SSSR count). The molecule has 3 aromatic carbocycles. The number of aromatic nitrogens is 1. The van der Waals surface area contributed by atoms with Crippen molar-refractivity contribution in [3.05, 3.63) is 106 Å². The van der Waals surface area contributed by atoms with Crippen LogP contribution in [-0.4, -0.2) is 15.8 Å². The molecule has 0 radical (unpaired) electrons. The van der Waals surface area contributed by atoms with E-state index in [1.165, 1.54) is 12.3 Å². The third kappa shape index (κ3) is 4.10. The van der Waals surface area contributed by atoms with Gasteiger partial charge in [-0.05, 0) is 35.9 Å². The van der Waals surface area contributed by atoms with Gasteiger partial charge in [0.1, 0.15) is 11.5 Å². The number of carbonyl (C=O) groups is 1. The molecule has 7 nitrogen and oxygen atoms in total. The monoisotopic (exact) mass is 399 g/mol. The van der Waals surface area contributed by atoms with Gasteiger partial charge in [-0.3, -0.25) is 19.9 Å². The van der Waals surface area contributed by atoms with E-state index in [1.807, 2.05) is 30.3 Å². The molecule has 148 valence electrons. The zero-order valence-corrected chi connectivity index (χ0v) is 15.8. The molecule has 1 heterocycles. The van der Waals surface area contributed by atoms with Crippen molar-refractivity contribution in [3.63, 3.8) is 0 Å². The zero-order valence-electron chi connectivity index (χ0n) is 15.8. The first kappa shape index (κ1) is 19.1. The van der Waals surface area contributed by atoms with E-state index < -0.39 is 4.92 Å². The number of hydrogen-bond acceptors (Lipinski definition) is 5. The van der Waals surface area contributed by atoms with Crippen LogP contribution in [0.15, 0.2) is 85.2 Å². The lowest BCUT2D eigenvalue weighted by atomic mass is 10.1. The topological polar surface area (TPSA) is 94.4 Å². The third-order valence-corrected chi connectivity index (χ3v) is 4.57. The molecule has 4 aromatic rings. The van der Waals surface area contributed by atoms with Gasteiger partial charge in [-0.1, -0.05) is 36.4 Å². The van der Waals surface area contributed by atoms with Crippen molar-refractivity contribution in [1.82, 2.24) is 10.3 Å². The minimum absolute atomic E-state index is 0.0421. The highest BCUT2D eigenvalue weighted by molar-refractivity contribution is 5.95. The predicted molar refractivity (Wildman–Crippen MR) is 113 cm³/mol. The number of fused-ring (bicyclic) bond motifs is 1. The van der Waals surface area contributed by atoms with Gasteiger partial charge in [0, 0.05) is 36.0 Å². The van der Waals surface area contributed by atoms with Gasteiger partial charge in [-0.25, -0.2) is 0 Å². The molecule has 1 aromatic heterocycles. The molecule has 0 atom stereocenters. The first-order valence-electron chi connectivity index (χ1n) is 9.23. The Kier molecular flexibility index (Phi) is 5.34. The third-order valence-electron chi connectivity index (χ3n) is 4.57. The van der Waals surface area contributed by atoms with Crippen LogP contribution in [0.3, 0.4) is 0 Å². The van der Waals surface area contributed by atoms with Gasteiger partial charge in [0.15, 0.2) is 0 Å². The molecule has 0 saturated heterocycles. The largest absolute Gasteiger partial charge is 0.457 e. The normalized spacial score (nSPS) is 10.5. The van der Waals surface area contributed by atoms with Gasteiger partial charge in [-0.15, -0.1) is 0 Å². The Morgan fingerprint density at radius 1 is 1.00 bits per heavy atom. The van der Waals surface area contributed by atoms with Crippen LogP contribution in [0, 0.1) is 10.1 Å². The molecule has 0 spiro atoms. The Balaban J connectivity index is 1.56. The Morgan fingerprint density at radius 3 is 2.63 bits per heavy atom. The van der Waals surface area contributed by atoms with E-state index in [4.69, 9.17) is 4.74 Å². The van der Waals surface area contributed by atoms with E-state index in [0.717, 1.165) is 5.56 Å². The molecule has 0 bridgehead atoms. The number of nitro groups is 1. The van der Waals surface area contributed by atoms with Crippen molar-refractivity contribution < 1.29 is 14.5 Å². The first-order chi connectivity index (χ1) is 14.6. The second kappa shape index (κ2) is 8.40. The molecule has 0 unspecified atom stereocenters. The SMILES string of the molecule is O=C(NCc1ccccc1)c1cccc(Oc2ccc([N+](=O)[O-])c3cnccc23)c1. The van der Waals surface area contributed by atoms with Gasteiger partial charge in [0.2, 0.25) is 0 Å². The van der Waals surface area contributed by atoms with E-state index in [0.29, 0.717) is 34.4 Å². The summed E-state index contributed by atoms with van der Waals surface area (Å²) in [6.45, 7) is 0.421. The lowest BCUT2D eigenvalue weighted by molar-refractivity contribution is -0.383. The Morgan fingerprint density at radius 2 is 1.83 bits per heavy atom. The van der Waals surface area contributed by atoms with Crippen LogP contribution in [-0.2, 0) is 6.54 Å². The molecular formula is C23H17N3O4. The molecule has 1 N–H and O–H groups in total. The maximum atomic E-state index is 12.5. The number of nitro benzene ring substituents is 1. The Bertz CT molecular complexity index is 1230. The van der Waals surface area contributed by atoms with Crippen LogP contribution >= 0.6 is 0 Å². The number of amides is 1. The minimum Gasteiger partial charge on any atom is -0.457 e. The fourth-order valence-corrected chi connectivity index (χ4v) is 3.10. The van der Waals surface area contributed by atoms with Crippen molar-refractivity contribution in [3.8, 4) is 11.5 Å². The number of rotatable bonds is 6. The highest BCUT2D eigenvalue weighted by Crippen LogP contribution is 2.34. The maximum absolute atomic E-state index is 12.5. The van der Waals surface area contributed by atoms with Crippen molar-refractivity contribution in [2.24, 2.45) is 0 Å². The fraction of sp³-hybridized carbons (Fsp3) is 0.0435. The second-order valence-corrected chi connectivity index (χ2v) is 6.56. The van der Waals surface area contributed by atoms with Crippen molar-refractivity contribution in [2.75, 3.05) is 0 Å². The quantitative estimate of drug-likeness (QED) is 0.369. The standard InChI is InChI=1S/C23H17N3O4/c27-23(25-14-16-5-2-1-3-6-16)17-7-4-8-18(13-17)30-22-10-9-21(26(28)29)20-15-24-12-11-19(20)22/h1-13,15H,14H2,(H,25,27). The lowest BCUT2D eigenvalue weighted by Gasteiger charge is -2.11. The van der Waals surface area contributed by atoms with E-state index in [2.05, 4.69) is 10.3 Å². The molecule has 0 fully saturated rings. The highest BCUT2D eigenvalue weighted by atomic mass is 16.6. The number of nitrogens with zero attached hydrogens (tertiary/aromatic N) is 2. The van der Waals surface area contributed by atoms with Crippen LogP contribution in [0.4, 0.5) is 5.69 Å². The van der Waals surface area contributed by atoms with E-state index in [1.54, 1.807) is 42.6 Å². The van der Waals surface area contributed by atoms with Gasteiger partial charge < -0.3 is 10.1 Å². The Hall–Kier alpha value is -4.26. The molecule has 0 aliphatic carbocycles. The summed E-state index contributed by atoms with van der Waals surface area (Å²) in [5.41, 5.74) is 1.42. The molecule has 0 aliphatic heterocycles. The van der Waals surface area contributed by atoms with E-state index in [-0.39, 0.29) is 11.6 Å². The second-order valence-electron chi connectivity index (χ2n) is 6.56. The molecule has 1 amide bonds. The number of nitrogens with one attached hydrogen (secondary N) is 1. The summed E-state index contributed by atoms with van der Waals surface area (Å²) in [6, 6.07) is 21.0. The average Bonchev–Trinajstić information content (AvgIpc) is 2.78. The number of carbonyl (C=O) groups excluding carboxylic acids is 1. The van der Waals surface area contributed by atoms with Gasteiger partial charge in [-0.2, -0.15) is 0 Å². The van der Waals surface area contributed by atoms with E-state index >= 15 is 0 Å². The average molecular weight is 399 g/mol. The summed E-state index contributed by atoms with van der Waals surface area (Å²) in [5, 5.41) is 15.1. The first-order valence-corrected chi connectivity index (χ1v) is 9.23. The zero-order chi connectivity index (χ0) is 20.9. The molecule has 30 heavy (non-hydrogen) atoms. The number of pyridine rings is 1. The Labute approximate surface area is 172 Å². The molecule has 7 heteroatoms. The van der Waals surface area contributed by atoms with Crippen LogP contribution in [0.1, 0.15) is 15.9 Å². The fourth-order valence-electron chi connectivity index (χ4n) is 3.10. The van der Waals surface area contributed by atoms with Gasteiger partial charge >= 0.3 is 0 Å². The summed E-state index contributed by atoms with van der Waals surface area (Å²) < 4.78 is 5.95. The summed E-state index contributed by atoms with van der Waals surface area (Å²) in [5.74, 6) is 0.677. The summed E-state index contributed by atoms with van der Waals surface area (Å²) >= 11 is 0. The van der Waals surface area contributed by atoms with Crippen molar-refractivity contribution >= 4 is 22.4 Å². The number of benzene rings is 3. The molecule has 0 saturated carbocycles. The summed E-state index contributed by atoms with van der Waals surface area (Å²) in [6.07, 6.45) is 2.99. The van der Waals surface area contributed by atoms with Crippen molar-refractivity contribution in [1.29, 1.82) is 0 Å². The summed E-state index contributed by atoms with van der Waals surface area (Å²) in [7, 11) is 0. The predicted octanol–water partition coefficient (Wildman–Crippen LogP) is 4.87. The minimum atomic E-state index is -0.453. The lowest BCUT2D eigenvalue weighted by Crippen LogP contribution is -2.22. The maximum Gasteiger partial charge on any atom is 0.279 e. The van der Waals surface area contributed by atoms with Crippen LogP contribution in [0.5, 0.6) is 11.5 Å².